The second-order valence-corrected chi connectivity index (χ2v) is 6.93. The number of halogens is 4. The van der Waals surface area contributed by atoms with Crippen molar-refractivity contribution in [1.82, 2.24) is 9.88 Å². The number of rotatable bonds is 4. The van der Waals surface area contributed by atoms with E-state index in [0.29, 0.717) is 32.4 Å². The average Bonchev–Trinajstić information content (AvgIpc) is 2.50. The van der Waals surface area contributed by atoms with Crippen LogP contribution in [-0.4, -0.2) is 30.3 Å². The predicted octanol–water partition coefficient (Wildman–Crippen LogP) is 5.43. The third-order valence-electron chi connectivity index (χ3n) is 3.12. The van der Waals surface area contributed by atoms with Gasteiger partial charge in [-0.25, -0.2) is 4.98 Å². The normalized spacial score (nSPS) is 11.9. The number of hydrogen-bond donors (Lipinski definition) is 0. The maximum atomic E-state index is 11.8. The summed E-state index contributed by atoms with van der Waals surface area (Å²) in [5.41, 5.74) is 2.13. The van der Waals surface area contributed by atoms with Crippen molar-refractivity contribution in [2.75, 3.05) is 14.1 Å². The molecule has 120 valence electrons. The fraction of sp³-hybridized carbons (Fsp3) is 0.125. The molecule has 0 aliphatic carbocycles. The summed E-state index contributed by atoms with van der Waals surface area (Å²) in [6.45, 7) is 0. The van der Waals surface area contributed by atoms with Crippen LogP contribution in [0.5, 0.6) is 0 Å². The lowest BCUT2D eigenvalue weighted by atomic mass is 10.0. The summed E-state index contributed by atoms with van der Waals surface area (Å²) in [7, 11) is 3.63. The number of nitrogens with zero attached hydrogens (tertiary/aromatic N) is 2. The number of allylic oxidation sites excluding steroid dienone is 1. The molecular weight excluding hydrogens is 422 g/mol. The highest BCUT2D eigenvalue weighted by Gasteiger charge is 2.19. The summed E-state index contributed by atoms with van der Waals surface area (Å²) in [4.78, 5) is 17.7. The van der Waals surface area contributed by atoms with Gasteiger partial charge in [-0.3, -0.25) is 4.79 Å². The third kappa shape index (κ3) is 3.89. The Morgan fingerprint density at radius 1 is 1.22 bits per heavy atom. The second kappa shape index (κ2) is 7.67. The van der Waals surface area contributed by atoms with Crippen molar-refractivity contribution in [3.63, 3.8) is 0 Å². The zero-order chi connectivity index (χ0) is 17.1. The van der Waals surface area contributed by atoms with Crippen LogP contribution in [0.1, 0.15) is 11.1 Å². The molecule has 3 nitrogen and oxygen atoms in total. The molecule has 0 aliphatic heterocycles. The maximum absolute atomic E-state index is 11.8. The molecule has 23 heavy (non-hydrogen) atoms. The van der Waals surface area contributed by atoms with Crippen molar-refractivity contribution < 1.29 is 4.79 Å². The molecule has 1 aromatic heterocycles. The number of pyridine rings is 1. The van der Waals surface area contributed by atoms with Gasteiger partial charge in [0.15, 0.2) is 6.29 Å². The van der Waals surface area contributed by atoms with Crippen molar-refractivity contribution in [3.8, 4) is 0 Å². The van der Waals surface area contributed by atoms with E-state index in [1.807, 2.05) is 14.1 Å². The minimum atomic E-state index is 0.286. The first-order valence-corrected chi connectivity index (χ1v) is 8.42. The molecule has 0 saturated carbocycles. The van der Waals surface area contributed by atoms with Gasteiger partial charge in [0, 0.05) is 41.5 Å². The van der Waals surface area contributed by atoms with Crippen LogP contribution in [0.3, 0.4) is 0 Å². The number of aromatic nitrogens is 1. The molecule has 1 aromatic carbocycles. The van der Waals surface area contributed by atoms with Crippen LogP contribution < -0.4 is 0 Å². The minimum Gasteiger partial charge on any atom is -0.376 e. The first kappa shape index (κ1) is 18.3. The zero-order valence-corrected chi connectivity index (χ0v) is 16.1. The van der Waals surface area contributed by atoms with Gasteiger partial charge in [-0.1, -0.05) is 46.9 Å². The highest BCUT2D eigenvalue weighted by molar-refractivity contribution is 9.10. The van der Waals surface area contributed by atoms with Crippen LogP contribution in [0.15, 0.2) is 34.9 Å². The van der Waals surface area contributed by atoms with Crippen molar-refractivity contribution in [2.45, 2.75) is 0 Å². The molecule has 0 bridgehead atoms. The van der Waals surface area contributed by atoms with E-state index in [1.54, 1.807) is 35.4 Å². The van der Waals surface area contributed by atoms with Gasteiger partial charge in [-0.05, 0) is 28.1 Å². The molecule has 0 fully saturated rings. The first-order chi connectivity index (χ1) is 10.9. The highest BCUT2D eigenvalue weighted by Crippen LogP contribution is 2.36. The summed E-state index contributed by atoms with van der Waals surface area (Å²) in [5, 5.41) is 0.976. The molecule has 1 heterocycles. The zero-order valence-electron chi connectivity index (χ0n) is 12.3. The number of carbonyl (C=O) groups excluding carboxylic acids is 1. The Labute approximate surface area is 158 Å². The highest BCUT2D eigenvalue weighted by atomic mass is 79.9. The van der Waals surface area contributed by atoms with Gasteiger partial charge in [-0.15, -0.1) is 0 Å². The molecule has 2 rings (SSSR count). The number of aldehydes is 1. The lowest BCUT2D eigenvalue weighted by Gasteiger charge is -2.22. The summed E-state index contributed by atoms with van der Waals surface area (Å²) in [6.07, 6.45) is 2.33. The van der Waals surface area contributed by atoms with Crippen LogP contribution in [-0.2, 0) is 4.79 Å². The molecule has 7 heteroatoms. The van der Waals surface area contributed by atoms with E-state index in [1.165, 1.54) is 0 Å². The summed E-state index contributed by atoms with van der Waals surface area (Å²) in [5.74, 6) is 0. The van der Waals surface area contributed by atoms with Gasteiger partial charge in [0.1, 0.15) is 5.15 Å². The van der Waals surface area contributed by atoms with Gasteiger partial charge in [-0.2, -0.15) is 0 Å². The smallest absolute Gasteiger partial charge is 0.152 e. The molecule has 0 atom stereocenters. The Balaban J connectivity index is 2.83. The topological polar surface area (TPSA) is 33.2 Å². The first-order valence-electron chi connectivity index (χ1n) is 6.49. The van der Waals surface area contributed by atoms with Gasteiger partial charge in [0.05, 0.1) is 15.7 Å². The minimum absolute atomic E-state index is 0.286. The quantitative estimate of drug-likeness (QED) is 0.365. The molecule has 0 N–H and O–H groups in total. The van der Waals surface area contributed by atoms with E-state index in [-0.39, 0.29) is 5.15 Å². The molecular formula is C16H12BrCl3N2O. The molecule has 0 radical (unpaired) electrons. The Morgan fingerprint density at radius 3 is 2.52 bits per heavy atom. The fourth-order valence-corrected chi connectivity index (χ4v) is 3.10. The van der Waals surface area contributed by atoms with Crippen molar-refractivity contribution in [1.29, 1.82) is 0 Å². The van der Waals surface area contributed by atoms with Crippen LogP contribution >= 0.6 is 50.7 Å². The predicted molar refractivity (Wildman–Crippen MR) is 100.0 cm³/mol. The van der Waals surface area contributed by atoms with E-state index in [0.717, 1.165) is 10.8 Å². The third-order valence-corrected chi connectivity index (χ3v) is 4.68. The monoisotopic (exact) mass is 432 g/mol. The SMILES string of the molecule is CN(C)C(=C(C=O)c1cccc(Cl)c1Cl)c1cc(Br)cnc1Cl. The van der Waals surface area contributed by atoms with E-state index in [9.17, 15) is 4.79 Å². The van der Waals surface area contributed by atoms with Crippen LogP contribution in [0, 0.1) is 0 Å². The number of hydrogen-bond acceptors (Lipinski definition) is 3. The summed E-state index contributed by atoms with van der Waals surface area (Å²) in [6, 6.07) is 6.94. The second-order valence-electron chi connectivity index (χ2n) is 4.87. The Hall–Kier alpha value is -1.07. The van der Waals surface area contributed by atoms with Crippen LogP contribution in [0.25, 0.3) is 11.3 Å². The molecule has 2 aromatic rings. The molecule has 0 aliphatic rings. The summed E-state index contributed by atoms with van der Waals surface area (Å²) >= 11 is 21.9. The Bertz CT molecular complexity index is 791. The fourth-order valence-electron chi connectivity index (χ4n) is 2.17. The molecule has 0 unspecified atom stereocenters. The Kier molecular flexibility index (Phi) is 6.09. The Morgan fingerprint density at radius 2 is 1.91 bits per heavy atom. The summed E-state index contributed by atoms with van der Waals surface area (Å²) < 4.78 is 0.749. The number of benzene rings is 1. The standard InChI is InChI=1S/C16H12BrCl3N2O/c1-22(2)15(11-6-9(17)7-21-16(11)20)12(8-23)10-4-3-5-13(18)14(10)19/h3-8H,1-2H3. The maximum Gasteiger partial charge on any atom is 0.152 e. The van der Waals surface area contributed by atoms with E-state index >= 15 is 0 Å². The van der Waals surface area contributed by atoms with Crippen molar-refractivity contribution in [2.24, 2.45) is 0 Å². The molecule has 0 amide bonds. The van der Waals surface area contributed by atoms with Gasteiger partial charge in [0.25, 0.3) is 0 Å². The number of carbonyl (C=O) groups is 1. The molecule has 0 saturated heterocycles. The van der Waals surface area contributed by atoms with Gasteiger partial charge in [0.2, 0.25) is 0 Å². The van der Waals surface area contributed by atoms with Crippen LogP contribution in [0.4, 0.5) is 0 Å². The lowest BCUT2D eigenvalue weighted by molar-refractivity contribution is -0.103. The van der Waals surface area contributed by atoms with Gasteiger partial charge < -0.3 is 4.90 Å². The van der Waals surface area contributed by atoms with E-state index in [4.69, 9.17) is 34.8 Å². The van der Waals surface area contributed by atoms with Crippen LogP contribution in [0.2, 0.25) is 15.2 Å². The van der Waals surface area contributed by atoms with Crippen molar-refractivity contribution >= 4 is 68.3 Å². The van der Waals surface area contributed by atoms with Gasteiger partial charge >= 0.3 is 0 Å². The van der Waals surface area contributed by atoms with E-state index in [2.05, 4.69) is 20.9 Å². The average molecular weight is 435 g/mol. The largest absolute Gasteiger partial charge is 0.376 e. The van der Waals surface area contributed by atoms with E-state index < -0.39 is 0 Å². The van der Waals surface area contributed by atoms with Crippen molar-refractivity contribution in [3.05, 3.63) is 61.3 Å². The lowest BCUT2D eigenvalue weighted by Crippen LogP contribution is -2.14. The molecule has 0 spiro atoms.